The number of aliphatic carboxylic acids is 1. The molecule has 2 atom stereocenters. The maximum atomic E-state index is 12.1. The summed E-state index contributed by atoms with van der Waals surface area (Å²) in [5.74, 6) is -1.37. The van der Waals surface area contributed by atoms with Gasteiger partial charge < -0.3 is 15.6 Å². The zero-order chi connectivity index (χ0) is 12.8. The number of hydrogen-bond acceptors (Lipinski definition) is 3. The summed E-state index contributed by atoms with van der Waals surface area (Å²) in [6.45, 7) is -3.05. The van der Waals surface area contributed by atoms with Crippen LogP contribution in [0.2, 0.25) is 0 Å². The Bertz CT molecular complexity index is 365. The van der Waals surface area contributed by atoms with Gasteiger partial charge in [0.2, 0.25) is 0 Å². The summed E-state index contributed by atoms with van der Waals surface area (Å²) in [4.78, 5) is 10.7. The number of carboxylic acid groups (broad SMARTS) is 1. The van der Waals surface area contributed by atoms with E-state index in [4.69, 9.17) is 10.8 Å². The van der Waals surface area contributed by atoms with Gasteiger partial charge >= 0.3 is 12.6 Å². The third-order valence-electron chi connectivity index (χ3n) is 2.24. The fraction of sp³-hybridized carbons (Fsp3) is 0.364. The Labute approximate surface area is 109 Å². The van der Waals surface area contributed by atoms with Crippen LogP contribution in [0.3, 0.4) is 0 Å². The number of carbonyl (C=O) groups is 1. The molecule has 18 heavy (non-hydrogen) atoms. The lowest BCUT2D eigenvalue weighted by Crippen LogP contribution is -2.45. The second kappa shape index (κ2) is 7.97. The van der Waals surface area contributed by atoms with Crippen LogP contribution < -0.4 is 5.73 Å². The molecule has 1 aromatic carbocycles. The van der Waals surface area contributed by atoms with Crippen molar-refractivity contribution in [3.63, 3.8) is 0 Å². The molecule has 0 aliphatic heterocycles. The van der Waals surface area contributed by atoms with E-state index in [0.717, 1.165) is 0 Å². The van der Waals surface area contributed by atoms with Crippen LogP contribution in [-0.4, -0.2) is 29.8 Å². The van der Waals surface area contributed by atoms with Crippen molar-refractivity contribution < 1.29 is 23.4 Å². The van der Waals surface area contributed by atoms with Gasteiger partial charge in [0, 0.05) is 6.42 Å². The normalized spacial score (nSPS) is 13.8. The Morgan fingerprint density at radius 2 is 1.89 bits per heavy atom. The fourth-order valence-electron chi connectivity index (χ4n) is 1.40. The van der Waals surface area contributed by atoms with E-state index in [1.165, 1.54) is 0 Å². The molecule has 102 valence electrons. The second-order valence-corrected chi connectivity index (χ2v) is 3.49. The minimum Gasteiger partial charge on any atom is -0.480 e. The smallest absolute Gasteiger partial charge is 0.345 e. The first-order valence-electron chi connectivity index (χ1n) is 4.96. The van der Waals surface area contributed by atoms with Gasteiger partial charge in [-0.05, 0) is 5.56 Å². The van der Waals surface area contributed by atoms with Crippen molar-refractivity contribution in [1.29, 1.82) is 0 Å². The highest BCUT2D eigenvalue weighted by Crippen LogP contribution is 2.12. The Hall–Kier alpha value is -1.24. The van der Waals surface area contributed by atoms with Gasteiger partial charge in [0.25, 0.3) is 0 Å². The molecule has 1 unspecified atom stereocenters. The van der Waals surface area contributed by atoms with Crippen LogP contribution in [0.4, 0.5) is 8.78 Å². The molecule has 1 rings (SSSR count). The molecule has 0 saturated heterocycles. The van der Waals surface area contributed by atoms with E-state index >= 15 is 0 Å². The zero-order valence-corrected chi connectivity index (χ0v) is 10.1. The first-order valence-corrected chi connectivity index (χ1v) is 4.96. The monoisotopic (exact) mass is 281 g/mol. The van der Waals surface area contributed by atoms with Crippen LogP contribution in [0.15, 0.2) is 30.3 Å². The van der Waals surface area contributed by atoms with Crippen molar-refractivity contribution >= 4 is 18.4 Å². The summed E-state index contributed by atoms with van der Waals surface area (Å²) in [5.41, 5.74) is 5.99. The van der Waals surface area contributed by atoms with E-state index in [0.29, 0.717) is 5.56 Å². The van der Waals surface area contributed by atoms with E-state index in [1.54, 1.807) is 30.3 Å². The van der Waals surface area contributed by atoms with E-state index in [-0.39, 0.29) is 18.8 Å². The van der Waals surface area contributed by atoms with Crippen molar-refractivity contribution in [3.8, 4) is 0 Å². The largest absolute Gasteiger partial charge is 0.480 e. The van der Waals surface area contributed by atoms with Gasteiger partial charge in [-0.1, -0.05) is 30.3 Å². The van der Waals surface area contributed by atoms with E-state index in [2.05, 4.69) is 4.74 Å². The number of nitrogens with two attached hydrogens (primary N) is 1. The van der Waals surface area contributed by atoms with Gasteiger partial charge in [-0.2, -0.15) is 8.78 Å². The lowest BCUT2D eigenvalue weighted by atomic mass is 10.0. The van der Waals surface area contributed by atoms with Crippen molar-refractivity contribution in [3.05, 3.63) is 35.9 Å². The molecule has 0 fully saturated rings. The van der Waals surface area contributed by atoms with Crippen LogP contribution in [0, 0.1) is 0 Å². The molecular formula is C11H14ClF2NO3. The number of carboxylic acids is 1. The summed E-state index contributed by atoms with van der Waals surface area (Å²) in [6.07, 6.45) is -1.23. The lowest BCUT2D eigenvalue weighted by molar-refractivity contribution is -0.175. The van der Waals surface area contributed by atoms with Crippen LogP contribution in [0.1, 0.15) is 5.56 Å². The minimum absolute atomic E-state index is 0. The molecule has 0 bridgehead atoms. The standard InChI is InChI=1S/C11H13F2NO3.ClH/c12-11(13)17-8(9(14)10(15)16)6-7-4-2-1-3-5-7;/h1-5,8-9,11H,6,14H2,(H,15,16);1H/t8?,9-;/m0./s1. The number of alkyl halides is 2. The predicted octanol–water partition coefficient (Wildman–Crippen LogP) is 1.67. The average Bonchev–Trinajstić information content (AvgIpc) is 2.28. The van der Waals surface area contributed by atoms with E-state index < -0.39 is 24.7 Å². The molecule has 0 saturated carbocycles. The molecule has 0 aliphatic carbocycles. The van der Waals surface area contributed by atoms with Gasteiger partial charge in [0.05, 0.1) is 6.10 Å². The highest BCUT2D eigenvalue weighted by Gasteiger charge is 2.28. The summed E-state index contributed by atoms with van der Waals surface area (Å²) >= 11 is 0. The van der Waals surface area contributed by atoms with Gasteiger partial charge in [-0.25, -0.2) is 0 Å². The van der Waals surface area contributed by atoms with Crippen molar-refractivity contribution in [1.82, 2.24) is 0 Å². The van der Waals surface area contributed by atoms with E-state index in [1.807, 2.05) is 0 Å². The molecule has 0 aromatic heterocycles. The molecular weight excluding hydrogens is 268 g/mol. The van der Waals surface area contributed by atoms with Gasteiger partial charge in [0.1, 0.15) is 6.04 Å². The fourth-order valence-corrected chi connectivity index (χ4v) is 1.40. The zero-order valence-electron chi connectivity index (χ0n) is 9.33. The highest BCUT2D eigenvalue weighted by molar-refractivity contribution is 5.85. The van der Waals surface area contributed by atoms with Crippen LogP contribution in [0.5, 0.6) is 0 Å². The quantitative estimate of drug-likeness (QED) is 0.832. The Kier molecular flexibility index (Phi) is 7.42. The lowest BCUT2D eigenvalue weighted by Gasteiger charge is -2.20. The predicted molar refractivity (Wildman–Crippen MR) is 63.9 cm³/mol. The molecule has 0 amide bonds. The number of hydrogen-bond donors (Lipinski definition) is 2. The minimum atomic E-state index is -3.05. The van der Waals surface area contributed by atoms with Crippen LogP contribution in [0.25, 0.3) is 0 Å². The third kappa shape index (κ3) is 5.39. The first-order chi connectivity index (χ1) is 8.00. The first kappa shape index (κ1) is 16.8. The third-order valence-corrected chi connectivity index (χ3v) is 2.24. The average molecular weight is 282 g/mol. The van der Waals surface area contributed by atoms with Crippen molar-refractivity contribution in [2.75, 3.05) is 0 Å². The number of benzene rings is 1. The van der Waals surface area contributed by atoms with Crippen LogP contribution in [-0.2, 0) is 16.0 Å². The van der Waals surface area contributed by atoms with Gasteiger partial charge in [0.15, 0.2) is 0 Å². The maximum absolute atomic E-state index is 12.1. The molecule has 0 heterocycles. The molecule has 0 aliphatic rings. The molecule has 1 aromatic rings. The van der Waals surface area contributed by atoms with Crippen LogP contribution >= 0.6 is 12.4 Å². The summed E-state index contributed by atoms with van der Waals surface area (Å²) in [5, 5.41) is 8.69. The topological polar surface area (TPSA) is 72.6 Å². The molecule has 0 radical (unpaired) electrons. The Morgan fingerprint density at radius 1 is 1.33 bits per heavy atom. The Balaban J connectivity index is 0.00000289. The maximum Gasteiger partial charge on any atom is 0.345 e. The number of halogens is 3. The Morgan fingerprint density at radius 3 is 2.33 bits per heavy atom. The summed E-state index contributed by atoms with van der Waals surface area (Å²) in [6, 6.07) is 7.11. The molecule has 3 N–H and O–H groups in total. The molecule has 7 heteroatoms. The SMILES string of the molecule is Cl.N[C@H](C(=O)O)C(Cc1ccccc1)OC(F)F. The molecule has 4 nitrogen and oxygen atoms in total. The summed E-state index contributed by atoms with van der Waals surface area (Å²) < 4.78 is 28.5. The van der Waals surface area contributed by atoms with Crippen molar-refractivity contribution in [2.45, 2.75) is 25.2 Å². The van der Waals surface area contributed by atoms with Gasteiger partial charge in [-0.15, -0.1) is 12.4 Å². The van der Waals surface area contributed by atoms with Gasteiger partial charge in [-0.3, -0.25) is 4.79 Å². The highest BCUT2D eigenvalue weighted by atomic mass is 35.5. The number of rotatable bonds is 6. The molecule has 0 spiro atoms. The number of ether oxygens (including phenoxy) is 1. The second-order valence-electron chi connectivity index (χ2n) is 3.49. The van der Waals surface area contributed by atoms with Crippen molar-refractivity contribution in [2.24, 2.45) is 5.73 Å². The van der Waals surface area contributed by atoms with E-state index in [9.17, 15) is 13.6 Å². The summed E-state index contributed by atoms with van der Waals surface area (Å²) in [7, 11) is 0.